The number of nitrogens with two attached hydrogens (primary N) is 1. The number of likely N-dealkylation sites (tertiary alicyclic amines) is 1. The number of para-hydroxylation sites is 1. The van der Waals surface area contributed by atoms with Crippen molar-refractivity contribution in [1.29, 1.82) is 0 Å². The summed E-state index contributed by atoms with van der Waals surface area (Å²) in [6, 6.07) is 11.3. The van der Waals surface area contributed by atoms with Crippen molar-refractivity contribution < 1.29 is 38.6 Å². The maximum atomic E-state index is 13.1. The number of rotatable bonds is 13. The summed E-state index contributed by atoms with van der Waals surface area (Å²) in [5.74, 6) is -2.10. The normalized spacial score (nSPS) is 14.5. The smallest absolute Gasteiger partial charge is 0.415 e. The topological polar surface area (TPSA) is 177 Å². The van der Waals surface area contributed by atoms with Gasteiger partial charge >= 0.3 is 12.1 Å². The summed E-state index contributed by atoms with van der Waals surface area (Å²) in [7, 11) is 0. The maximum Gasteiger partial charge on any atom is 0.415 e. The van der Waals surface area contributed by atoms with Gasteiger partial charge in [0.05, 0.1) is 0 Å². The first-order valence-corrected chi connectivity index (χ1v) is 14.3. The molecule has 0 aliphatic carbocycles. The Morgan fingerprint density at radius 2 is 1.61 bits per heavy atom. The molecule has 0 saturated carbocycles. The summed E-state index contributed by atoms with van der Waals surface area (Å²) in [4.78, 5) is 63.1. The van der Waals surface area contributed by atoms with E-state index >= 15 is 0 Å². The fourth-order valence-corrected chi connectivity index (χ4v) is 4.71. The van der Waals surface area contributed by atoms with E-state index in [1.54, 1.807) is 36.4 Å². The molecule has 2 atom stereocenters. The van der Waals surface area contributed by atoms with E-state index in [0.717, 1.165) is 5.56 Å². The number of ether oxygens (including phenoxy) is 2. The van der Waals surface area contributed by atoms with Crippen molar-refractivity contribution >= 4 is 81.2 Å². The molecule has 4 amide bonds. The molecule has 3 rings (SSSR count). The van der Waals surface area contributed by atoms with Crippen molar-refractivity contribution in [2.75, 3.05) is 19.7 Å². The predicted octanol–water partition coefficient (Wildman–Crippen LogP) is 2.03. The van der Waals surface area contributed by atoms with Crippen LogP contribution in [0.2, 0.25) is 0 Å². The van der Waals surface area contributed by atoms with E-state index in [9.17, 15) is 29.1 Å². The zero-order valence-electron chi connectivity index (χ0n) is 25.7. The number of carboxylic acid groups (broad SMARTS) is 1. The molecule has 2 aromatic carbocycles. The largest absolute Gasteiger partial charge is 0.484 e. The third-order valence-electron chi connectivity index (χ3n) is 7.15. The van der Waals surface area contributed by atoms with Gasteiger partial charge in [0.2, 0.25) is 11.8 Å². The molecule has 2 aromatic rings. The standard InChI is InChI=1S/C31H40N4O8.K/c1-19(2)16-24(33-27(36)18-42-26-7-5-4-6-20(26)3)29(38)34-25(30(39)40)17-21-8-10-23(11-9-21)43-31(41)35-14-12-22(13-15-35)28(32)37;/h4-11,19,22,24-25H,12-18H2,1-3H3,(H2,32,37)(H,33,36)(H,34,38)(H,39,40);/t24-,25-;/m0./s1. The van der Waals surface area contributed by atoms with Gasteiger partial charge in [0.1, 0.15) is 23.6 Å². The van der Waals surface area contributed by atoms with Crippen LogP contribution in [-0.2, 0) is 25.6 Å². The van der Waals surface area contributed by atoms with Crippen LogP contribution in [0.1, 0.15) is 44.2 Å². The predicted molar refractivity (Wildman–Crippen MR) is 163 cm³/mol. The molecule has 1 heterocycles. The number of amides is 4. The van der Waals surface area contributed by atoms with Crippen molar-refractivity contribution in [2.24, 2.45) is 17.6 Å². The SMILES string of the molecule is Cc1ccccc1OCC(=O)N[C@@H](CC(C)C)C(=O)N[C@@H](Cc1ccc(OC(=O)N2CCC(C(N)=O)CC2)cc1)C(=O)O.[K]. The van der Waals surface area contributed by atoms with Crippen LogP contribution in [0.3, 0.4) is 0 Å². The molecule has 1 radical (unpaired) electrons. The fourth-order valence-electron chi connectivity index (χ4n) is 4.71. The second-order valence-electron chi connectivity index (χ2n) is 11.1. The molecule has 233 valence electrons. The molecule has 1 fully saturated rings. The molecule has 12 nitrogen and oxygen atoms in total. The summed E-state index contributed by atoms with van der Waals surface area (Å²) in [5.41, 5.74) is 6.79. The number of aryl methyl sites for hydroxylation is 1. The fraction of sp³-hybridized carbons (Fsp3) is 0.452. The Labute approximate surface area is 299 Å². The van der Waals surface area contributed by atoms with Crippen LogP contribution in [0.4, 0.5) is 4.79 Å². The molecule has 1 aliphatic rings. The van der Waals surface area contributed by atoms with Crippen LogP contribution in [0, 0.1) is 18.8 Å². The minimum atomic E-state index is -1.26. The molecule has 0 bridgehead atoms. The molecule has 5 N–H and O–H groups in total. The number of carbonyl (C=O) groups excluding carboxylic acids is 4. The average Bonchev–Trinajstić information content (AvgIpc) is 2.96. The van der Waals surface area contributed by atoms with E-state index < -0.39 is 36.0 Å². The number of benzene rings is 2. The Kier molecular flexibility index (Phi) is 15.3. The monoisotopic (exact) mass is 635 g/mol. The van der Waals surface area contributed by atoms with Crippen LogP contribution in [0.15, 0.2) is 48.5 Å². The number of aliphatic carboxylic acids is 1. The number of carboxylic acids is 1. The van der Waals surface area contributed by atoms with Gasteiger partial charge < -0.3 is 35.8 Å². The maximum absolute atomic E-state index is 13.1. The first-order chi connectivity index (χ1) is 20.4. The van der Waals surface area contributed by atoms with E-state index in [2.05, 4.69) is 10.6 Å². The Morgan fingerprint density at radius 1 is 0.977 bits per heavy atom. The molecule has 1 aliphatic heterocycles. The summed E-state index contributed by atoms with van der Waals surface area (Å²) in [6.45, 7) is 6.07. The Balaban J connectivity index is 0.00000675. The van der Waals surface area contributed by atoms with Crippen LogP contribution in [0.5, 0.6) is 11.5 Å². The summed E-state index contributed by atoms with van der Waals surface area (Å²) in [6.07, 6.45) is 0.681. The molecule has 44 heavy (non-hydrogen) atoms. The zero-order valence-corrected chi connectivity index (χ0v) is 28.8. The van der Waals surface area contributed by atoms with E-state index in [4.69, 9.17) is 15.2 Å². The number of primary amides is 1. The van der Waals surface area contributed by atoms with Crippen molar-refractivity contribution in [3.8, 4) is 11.5 Å². The number of nitrogens with zero attached hydrogens (tertiary/aromatic N) is 1. The number of nitrogens with one attached hydrogen (secondary N) is 2. The summed E-state index contributed by atoms with van der Waals surface area (Å²) >= 11 is 0. The van der Waals surface area contributed by atoms with Crippen LogP contribution < -0.4 is 25.8 Å². The first-order valence-electron chi connectivity index (χ1n) is 14.3. The van der Waals surface area contributed by atoms with Crippen LogP contribution in [-0.4, -0.2) is 123 Å². The molecule has 0 unspecified atom stereocenters. The second-order valence-corrected chi connectivity index (χ2v) is 11.1. The molecule has 0 aromatic heterocycles. The third kappa shape index (κ3) is 11.8. The van der Waals surface area contributed by atoms with Gasteiger partial charge in [-0.25, -0.2) is 9.59 Å². The van der Waals surface area contributed by atoms with Crippen LogP contribution in [0.25, 0.3) is 0 Å². The summed E-state index contributed by atoms with van der Waals surface area (Å²) in [5, 5.41) is 15.0. The number of hydrogen-bond donors (Lipinski definition) is 4. The van der Waals surface area contributed by atoms with Gasteiger partial charge in [-0.05, 0) is 61.4 Å². The number of hydrogen-bond acceptors (Lipinski definition) is 7. The van der Waals surface area contributed by atoms with Crippen molar-refractivity contribution in [1.82, 2.24) is 15.5 Å². The zero-order chi connectivity index (χ0) is 31.5. The van der Waals surface area contributed by atoms with Gasteiger partial charge in [0.15, 0.2) is 6.61 Å². The van der Waals surface area contributed by atoms with E-state index in [0.29, 0.717) is 43.7 Å². The minimum Gasteiger partial charge on any atom is -0.484 e. The van der Waals surface area contributed by atoms with Crippen molar-refractivity contribution in [3.05, 3.63) is 59.7 Å². The third-order valence-corrected chi connectivity index (χ3v) is 7.15. The average molecular weight is 636 g/mol. The van der Waals surface area contributed by atoms with Gasteiger partial charge in [-0.1, -0.05) is 44.2 Å². The Hall–Kier alpha value is -2.97. The summed E-state index contributed by atoms with van der Waals surface area (Å²) < 4.78 is 11.0. The molecule has 0 spiro atoms. The van der Waals surface area contributed by atoms with Crippen molar-refractivity contribution in [3.63, 3.8) is 0 Å². The van der Waals surface area contributed by atoms with Gasteiger partial charge in [-0.2, -0.15) is 0 Å². The minimum absolute atomic E-state index is 0. The first kappa shape index (κ1) is 37.2. The quantitative estimate of drug-likeness (QED) is 0.242. The molecule has 1 saturated heterocycles. The van der Waals surface area contributed by atoms with E-state index in [-0.39, 0.29) is 87.9 Å². The van der Waals surface area contributed by atoms with E-state index in [1.807, 2.05) is 32.9 Å². The van der Waals surface area contributed by atoms with Gasteiger partial charge in [-0.3, -0.25) is 14.4 Å². The Morgan fingerprint density at radius 3 is 2.18 bits per heavy atom. The van der Waals surface area contributed by atoms with Crippen LogP contribution >= 0.6 is 0 Å². The second kappa shape index (κ2) is 18.1. The van der Waals surface area contributed by atoms with Gasteiger partial charge in [-0.15, -0.1) is 0 Å². The van der Waals surface area contributed by atoms with Gasteiger partial charge in [0.25, 0.3) is 5.91 Å². The Bertz CT molecular complexity index is 1300. The molecular formula is C31H40KN4O8. The number of piperidine rings is 1. The van der Waals surface area contributed by atoms with Crippen molar-refractivity contribution in [2.45, 2.75) is 58.5 Å². The number of carbonyl (C=O) groups is 5. The van der Waals surface area contributed by atoms with Gasteiger partial charge in [0, 0.05) is 76.8 Å². The molecular weight excluding hydrogens is 595 g/mol. The molecule has 13 heteroatoms. The van der Waals surface area contributed by atoms with E-state index in [1.165, 1.54) is 4.90 Å².